The highest BCUT2D eigenvalue weighted by atomic mass is 32.2. The van der Waals surface area contributed by atoms with Gasteiger partial charge >= 0.3 is 5.97 Å². The zero-order chi connectivity index (χ0) is 24.6. The number of piperidine rings is 1. The minimum atomic E-state index is -4.06. The van der Waals surface area contributed by atoms with Crippen molar-refractivity contribution in [3.63, 3.8) is 0 Å². The first-order valence-electron chi connectivity index (χ1n) is 11.9. The lowest BCUT2D eigenvalue weighted by molar-refractivity contribution is -0.147. The van der Waals surface area contributed by atoms with Gasteiger partial charge < -0.3 is 14.2 Å². The molecular formula is C26H35NO6S. The first kappa shape index (κ1) is 26.0. The predicted molar refractivity (Wildman–Crippen MR) is 131 cm³/mol. The summed E-state index contributed by atoms with van der Waals surface area (Å²) in [4.78, 5) is 15.4. The minimum absolute atomic E-state index is 0.0581. The molecular weight excluding hydrogens is 454 g/mol. The Morgan fingerprint density at radius 1 is 1.03 bits per heavy atom. The molecule has 0 spiro atoms. The Morgan fingerprint density at radius 3 is 2.32 bits per heavy atom. The number of methoxy groups -OCH3 is 1. The molecule has 1 saturated heterocycles. The van der Waals surface area contributed by atoms with Crippen molar-refractivity contribution < 1.29 is 27.4 Å². The van der Waals surface area contributed by atoms with Crippen molar-refractivity contribution in [2.45, 2.75) is 55.7 Å². The van der Waals surface area contributed by atoms with Crippen LogP contribution in [-0.2, 0) is 25.9 Å². The van der Waals surface area contributed by atoms with Crippen LogP contribution in [0.15, 0.2) is 53.4 Å². The molecule has 0 aromatic heterocycles. The Morgan fingerprint density at radius 2 is 1.71 bits per heavy atom. The molecule has 0 bridgehead atoms. The van der Waals surface area contributed by atoms with E-state index in [1.165, 1.54) is 6.07 Å². The average molecular weight is 490 g/mol. The molecule has 7 nitrogen and oxygen atoms in total. The maximum Gasteiger partial charge on any atom is 0.327 e. The molecule has 0 radical (unpaired) electrons. The fourth-order valence-electron chi connectivity index (χ4n) is 4.24. The number of carbonyl (C=O) groups is 1. The molecule has 2 aromatic rings. The number of benzene rings is 2. The van der Waals surface area contributed by atoms with Gasteiger partial charge in [-0.2, -0.15) is 0 Å². The van der Waals surface area contributed by atoms with Gasteiger partial charge in [-0.05, 0) is 56.0 Å². The summed E-state index contributed by atoms with van der Waals surface area (Å²) in [5.74, 6) is 0.400. The van der Waals surface area contributed by atoms with Gasteiger partial charge in [0.25, 0.3) is 0 Å². The topological polar surface area (TPSA) is 82.1 Å². The van der Waals surface area contributed by atoms with Gasteiger partial charge in [0.2, 0.25) is 0 Å². The van der Waals surface area contributed by atoms with E-state index in [-0.39, 0.29) is 24.3 Å². The lowest BCUT2D eigenvalue weighted by Gasteiger charge is -2.39. The van der Waals surface area contributed by atoms with Crippen molar-refractivity contribution >= 4 is 15.8 Å². The highest BCUT2D eigenvalue weighted by molar-refractivity contribution is 7.93. The van der Waals surface area contributed by atoms with Crippen molar-refractivity contribution in [3.8, 4) is 11.5 Å². The number of sulfone groups is 1. The lowest BCUT2D eigenvalue weighted by atomic mass is 9.95. The van der Waals surface area contributed by atoms with Gasteiger partial charge in [-0.1, -0.05) is 37.6 Å². The first-order chi connectivity index (χ1) is 16.4. The van der Waals surface area contributed by atoms with Crippen molar-refractivity contribution in [2.75, 3.05) is 33.4 Å². The summed E-state index contributed by atoms with van der Waals surface area (Å²) in [7, 11) is -2.43. The molecule has 186 valence electrons. The van der Waals surface area contributed by atoms with Crippen LogP contribution in [0, 0.1) is 0 Å². The summed E-state index contributed by atoms with van der Waals surface area (Å²) in [6.45, 7) is 5.87. The van der Waals surface area contributed by atoms with Crippen LogP contribution in [0.3, 0.4) is 0 Å². The minimum Gasteiger partial charge on any atom is -0.497 e. The molecule has 1 fully saturated rings. The molecule has 1 heterocycles. The number of hydrogen-bond acceptors (Lipinski definition) is 7. The molecule has 3 rings (SSSR count). The van der Waals surface area contributed by atoms with Crippen LogP contribution in [0.1, 0.15) is 45.1 Å². The van der Waals surface area contributed by atoms with Gasteiger partial charge in [-0.25, -0.2) is 8.42 Å². The van der Waals surface area contributed by atoms with Gasteiger partial charge in [0.05, 0.1) is 20.3 Å². The van der Waals surface area contributed by atoms with Gasteiger partial charge in [0.15, 0.2) is 14.6 Å². The molecule has 0 atom stereocenters. The third kappa shape index (κ3) is 5.55. The van der Waals surface area contributed by atoms with Crippen LogP contribution in [0.2, 0.25) is 0 Å². The zero-order valence-corrected chi connectivity index (χ0v) is 21.1. The normalized spacial score (nSPS) is 16.1. The molecule has 0 saturated carbocycles. The Balaban J connectivity index is 1.85. The maximum absolute atomic E-state index is 14.0. The molecule has 1 aliphatic rings. The van der Waals surface area contributed by atoms with E-state index < -0.39 is 20.6 Å². The average Bonchev–Trinajstić information content (AvgIpc) is 2.85. The Bertz CT molecular complexity index is 1040. The quantitative estimate of drug-likeness (QED) is 0.345. The zero-order valence-electron chi connectivity index (χ0n) is 20.3. The number of unbranched alkanes of at least 4 members (excludes halogenated alkanes) is 1. The van der Waals surface area contributed by atoms with Gasteiger partial charge in [-0.15, -0.1) is 0 Å². The number of carbonyl (C=O) groups excluding carboxylic acids is 1. The fourth-order valence-corrected chi connectivity index (χ4v) is 6.30. The van der Waals surface area contributed by atoms with Crippen LogP contribution >= 0.6 is 0 Å². The van der Waals surface area contributed by atoms with E-state index in [0.717, 1.165) is 24.2 Å². The number of rotatable bonds is 11. The molecule has 2 aromatic carbocycles. The first-order valence-corrected chi connectivity index (χ1v) is 13.3. The second-order valence-electron chi connectivity index (χ2n) is 8.49. The summed E-state index contributed by atoms with van der Waals surface area (Å²) in [6, 6.07) is 14.4. The van der Waals surface area contributed by atoms with Crippen LogP contribution in [0.25, 0.3) is 0 Å². The molecule has 0 N–H and O–H groups in total. The SMILES string of the molecule is CCCCOc1ccccc1S(=O)(=O)C1(C(=O)OCC)CCN(Cc2ccc(OC)cc2)CC1. The van der Waals surface area contributed by atoms with Crippen LogP contribution in [0.5, 0.6) is 11.5 Å². The van der Waals surface area contributed by atoms with E-state index in [1.807, 2.05) is 31.2 Å². The largest absolute Gasteiger partial charge is 0.497 e. The van der Waals surface area contributed by atoms with Crippen molar-refractivity contribution in [3.05, 3.63) is 54.1 Å². The summed E-state index contributed by atoms with van der Waals surface area (Å²) in [6.07, 6.45) is 2.07. The summed E-state index contributed by atoms with van der Waals surface area (Å²) in [5.41, 5.74) is 1.10. The third-order valence-corrected chi connectivity index (χ3v) is 8.80. The van der Waals surface area contributed by atoms with Gasteiger partial charge in [0.1, 0.15) is 16.4 Å². The van der Waals surface area contributed by atoms with E-state index in [1.54, 1.807) is 32.2 Å². The number of ether oxygens (including phenoxy) is 3. The second-order valence-corrected chi connectivity index (χ2v) is 10.7. The molecule has 0 amide bonds. The summed E-state index contributed by atoms with van der Waals surface area (Å²) in [5, 5.41) is 0. The summed E-state index contributed by atoms with van der Waals surface area (Å²) < 4.78 is 42.7. The molecule has 0 unspecified atom stereocenters. The standard InChI is InChI=1S/C26H35NO6S/c1-4-6-19-33-23-9-7-8-10-24(23)34(29,30)26(25(28)32-5-2)15-17-27(18-16-26)20-21-11-13-22(31-3)14-12-21/h7-14H,4-6,15-20H2,1-3H3. The number of para-hydroxylation sites is 1. The van der Waals surface area contributed by atoms with Gasteiger partial charge in [-0.3, -0.25) is 9.69 Å². The van der Waals surface area contributed by atoms with E-state index in [4.69, 9.17) is 14.2 Å². The molecule has 0 aliphatic carbocycles. The second kappa shape index (κ2) is 11.7. The number of likely N-dealkylation sites (tertiary alicyclic amines) is 1. The predicted octanol–water partition coefficient (Wildman–Crippen LogP) is 4.25. The molecule has 34 heavy (non-hydrogen) atoms. The van der Waals surface area contributed by atoms with Gasteiger partial charge in [0, 0.05) is 19.6 Å². The van der Waals surface area contributed by atoms with E-state index in [9.17, 15) is 13.2 Å². The van der Waals surface area contributed by atoms with E-state index in [0.29, 0.717) is 32.0 Å². The molecule has 1 aliphatic heterocycles. The number of hydrogen-bond donors (Lipinski definition) is 0. The van der Waals surface area contributed by atoms with Crippen LogP contribution < -0.4 is 9.47 Å². The van der Waals surface area contributed by atoms with Crippen molar-refractivity contribution in [1.82, 2.24) is 4.90 Å². The van der Waals surface area contributed by atoms with Crippen molar-refractivity contribution in [1.29, 1.82) is 0 Å². The van der Waals surface area contributed by atoms with Crippen molar-refractivity contribution in [2.24, 2.45) is 0 Å². The third-order valence-electron chi connectivity index (χ3n) is 6.28. The molecule has 8 heteroatoms. The van der Waals surface area contributed by atoms with Crippen LogP contribution in [-0.4, -0.2) is 57.4 Å². The fraction of sp³-hybridized carbons (Fsp3) is 0.500. The Labute approximate surface area is 202 Å². The van der Waals surface area contributed by atoms with E-state index in [2.05, 4.69) is 4.90 Å². The van der Waals surface area contributed by atoms with E-state index >= 15 is 0 Å². The number of esters is 1. The Kier molecular flexibility index (Phi) is 8.97. The summed E-state index contributed by atoms with van der Waals surface area (Å²) >= 11 is 0. The highest BCUT2D eigenvalue weighted by Gasteiger charge is 2.54. The maximum atomic E-state index is 14.0. The lowest BCUT2D eigenvalue weighted by Crippen LogP contribution is -2.54. The Hall–Kier alpha value is -2.58. The van der Waals surface area contributed by atoms with Crippen LogP contribution in [0.4, 0.5) is 0 Å². The highest BCUT2D eigenvalue weighted by Crippen LogP contribution is 2.40. The number of nitrogens with zero attached hydrogens (tertiary/aromatic N) is 1. The monoisotopic (exact) mass is 489 g/mol. The smallest absolute Gasteiger partial charge is 0.327 e.